The number of nitrogens with zero attached hydrogens (tertiary/aromatic N) is 1. The van der Waals surface area contributed by atoms with Crippen LogP contribution in [0, 0.1) is 63.6 Å². The molecule has 0 heterocycles. The molecule has 8 nitrogen and oxygen atoms in total. The van der Waals surface area contributed by atoms with E-state index < -0.39 is 16.5 Å². The van der Waals surface area contributed by atoms with Gasteiger partial charge in [0.1, 0.15) is 0 Å². The summed E-state index contributed by atoms with van der Waals surface area (Å²) in [6.07, 6.45) is 12.8. The van der Waals surface area contributed by atoms with E-state index in [0.717, 1.165) is 45.3 Å². The second kappa shape index (κ2) is 14.8. The molecule has 9 unspecified atom stereocenters. The smallest absolute Gasteiger partial charge is 0.393 e. The SMILES string of the molecule is CC(C)C(CCC(C)C1CCC2C3C(CCC12C)C1(C)CCC(NCCCNCCCC#N)C[C@@H]1C[C@H]3O)OS(=O)(=O)O. The molecule has 4 rings (SSSR count). The Bertz CT molecular complexity index is 1050. The van der Waals surface area contributed by atoms with Crippen LogP contribution in [0.1, 0.15) is 118 Å². The number of hydrogen-bond acceptors (Lipinski definition) is 7. The van der Waals surface area contributed by atoms with Crippen molar-refractivity contribution in [3.05, 3.63) is 0 Å². The Labute approximate surface area is 262 Å². The first-order valence-electron chi connectivity index (χ1n) is 17.4. The third-order valence-electron chi connectivity index (χ3n) is 12.9. The van der Waals surface area contributed by atoms with Crippen LogP contribution >= 0.6 is 0 Å². The Morgan fingerprint density at radius 3 is 2.35 bits per heavy atom. The van der Waals surface area contributed by atoms with Crippen LogP contribution in [-0.4, -0.2) is 56.0 Å². The number of aliphatic hydroxyl groups is 1. The van der Waals surface area contributed by atoms with Gasteiger partial charge in [0, 0.05) is 12.5 Å². The molecule has 4 N–H and O–H groups in total. The molecule has 4 saturated carbocycles. The summed E-state index contributed by atoms with van der Waals surface area (Å²) < 4.78 is 37.1. The summed E-state index contributed by atoms with van der Waals surface area (Å²) in [5.41, 5.74) is 0.524. The predicted octanol–water partition coefficient (Wildman–Crippen LogP) is 6.12. The summed E-state index contributed by atoms with van der Waals surface area (Å²) in [5, 5.41) is 27.7. The molecular formula is C34H61N3O5S. The summed E-state index contributed by atoms with van der Waals surface area (Å²) in [5.74, 6) is 3.14. The highest BCUT2D eigenvalue weighted by molar-refractivity contribution is 7.80. The molecule has 0 amide bonds. The van der Waals surface area contributed by atoms with Gasteiger partial charge in [-0.1, -0.05) is 34.6 Å². The Kier molecular flexibility index (Phi) is 12.1. The third-order valence-corrected chi connectivity index (χ3v) is 13.4. The number of aliphatic hydroxyl groups excluding tert-OH is 1. The minimum absolute atomic E-state index is 0.00984. The zero-order valence-corrected chi connectivity index (χ0v) is 28.4. The Morgan fingerprint density at radius 2 is 1.65 bits per heavy atom. The van der Waals surface area contributed by atoms with E-state index in [1.54, 1.807) is 0 Å². The second-order valence-corrected chi connectivity index (χ2v) is 16.7. The molecule has 4 aliphatic carbocycles. The molecule has 0 radical (unpaired) electrons. The molecule has 0 aromatic heterocycles. The lowest BCUT2D eigenvalue weighted by Crippen LogP contribution is -2.59. The highest BCUT2D eigenvalue weighted by atomic mass is 32.3. The first kappa shape index (κ1) is 35.1. The van der Waals surface area contributed by atoms with Crippen LogP contribution < -0.4 is 10.6 Å². The van der Waals surface area contributed by atoms with Crippen LogP contribution in [0.4, 0.5) is 0 Å². The van der Waals surface area contributed by atoms with Crippen molar-refractivity contribution in [3.8, 4) is 6.07 Å². The first-order valence-corrected chi connectivity index (χ1v) is 18.8. The van der Waals surface area contributed by atoms with Crippen LogP contribution in [0.5, 0.6) is 0 Å². The maximum absolute atomic E-state index is 11.8. The fraction of sp³-hybridized carbons (Fsp3) is 0.971. The molecule has 0 saturated heterocycles. The van der Waals surface area contributed by atoms with Crippen molar-refractivity contribution < 1.29 is 22.3 Å². The topological polar surface area (TPSA) is 132 Å². The van der Waals surface area contributed by atoms with Crippen LogP contribution in [0.25, 0.3) is 0 Å². The molecule has 0 aromatic rings. The average Bonchev–Trinajstić information content (AvgIpc) is 3.29. The molecule has 11 atom stereocenters. The van der Waals surface area contributed by atoms with E-state index in [0.29, 0.717) is 59.8 Å². The lowest BCUT2D eigenvalue weighted by Gasteiger charge is -2.62. The highest BCUT2D eigenvalue weighted by Crippen LogP contribution is 2.68. The van der Waals surface area contributed by atoms with E-state index in [-0.39, 0.29) is 17.4 Å². The van der Waals surface area contributed by atoms with Crippen molar-refractivity contribution in [1.82, 2.24) is 10.6 Å². The normalized spacial score (nSPS) is 39.0. The largest absolute Gasteiger partial charge is 0.397 e. The molecular weight excluding hydrogens is 562 g/mol. The average molecular weight is 624 g/mol. The fourth-order valence-electron chi connectivity index (χ4n) is 10.6. The number of hydrogen-bond donors (Lipinski definition) is 4. The number of nitrogens with one attached hydrogen (secondary N) is 2. The summed E-state index contributed by atoms with van der Waals surface area (Å²) in [6, 6.07) is 2.75. The van der Waals surface area contributed by atoms with Gasteiger partial charge in [0.2, 0.25) is 0 Å². The maximum Gasteiger partial charge on any atom is 0.397 e. The molecule has 4 aliphatic rings. The summed E-state index contributed by atoms with van der Waals surface area (Å²) >= 11 is 0. The quantitative estimate of drug-likeness (QED) is 0.127. The minimum atomic E-state index is -4.46. The molecule has 4 fully saturated rings. The molecule has 0 spiro atoms. The van der Waals surface area contributed by atoms with Crippen molar-refractivity contribution in [1.29, 1.82) is 5.26 Å². The van der Waals surface area contributed by atoms with Gasteiger partial charge < -0.3 is 15.7 Å². The van der Waals surface area contributed by atoms with Gasteiger partial charge in [-0.05, 0) is 149 Å². The predicted molar refractivity (Wildman–Crippen MR) is 170 cm³/mol. The molecule has 0 aliphatic heterocycles. The summed E-state index contributed by atoms with van der Waals surface area (Å²) in [7, 11) is -4.46. The minimum Gasteiger partial charge on any atom is -0.393 e. The van der Waals surface area contributed by atoms with Gasteiger partial charge in [-0.2, -0.15) is 13.7 Å². The van der Waals surface area contributed by atoms with Gasteiger partial charge in [0.15, 0.2) is 0 Å². The standard InChI is InChI=1S/C34H61N3O5S/c1-23(2)31(42-43(39,40)41)12-9-24(3)27-10-11-28-32-29(14-16-34(27,28)5)33(4)15-13-26(21-25(33)22-30(32)38)37-20-8-19-36-18-7-6-17-35/h23-32,36-38H,6-16,18-22H2,1-5H3,(H,39,40,41)/t24?,25-,26?,27?,28?,29?,30-,31?,32?,33?,34?/m1/s1. The van der Waals surface area contributed by atoms with Crippen molar-refractivity contribution in [2.24, 2.45) is 52.3 Å². The molecule has 248 valence electrons. The first-order chi connectivity index (χ1) is 20.3. The monoisotopic (exact) mass is 623 g/mol. The van der Waals surface area contributed by atoms with E-state index in [1.165, 1.54) is 44.9 Å². The van der Waals surface area contributed by atoms with Gasteiger partial charge in [-0.25, -0.2) is 4.18 Å². The number of nitriles is 1. The lowest BCUT2D eigenvalue weighted by molar-refractivity contribution is -0.167. The molecule has 0 aromatic carbocycles. The van der Waals surface area contributed by atoms with E-state index in [9.17, 15) is 18.1 Å². The van der Waals surface area contributed by atoms with Crippen molar-refractivity contribution in [2.45, 2.75) is 136 Å². The second-order valence-electron chi connectivity index (χ2n) is 15.7. The summed E-state index contributed by atoms with van der Waals surface area (Å²) in [6.45, 7) is 14.2. The Morgan fingerprint density at radius 1 is 0.953 bits per heavy atom. The van der Waals surface area contributed by atoms with Crippen molar-refractivity contribution in [2.75, 3.05) is 19.6 Å². The van der Waals surface area contributed by atoms with Crippen LogP contribution in [0.15, 0.2) is 0 Å². The Hall–Kier alpha value is -0.760. The summed E-state index contributed by atoms with van der Waals surface area (Å²) in [4.78, 5) is 0. The van der Waals surface area contributed by atoms with Crippen LogP contribution in [-0.2, 0) is 14.6 Å². The molecule has 43 heavy (non-hydrogen) atoms. The van der Waals surface area contributed by atoms with Gasteiger partial charge >= 0.3 is 10.4 Å². The molecule has 0 bridgehead atoms. The van der Waals surface area contributed by atoms with Gasteiger partial charge in [-0.15, -0.1) is 0 Å². The highest BCUT2D eigenvalue weighted by Gasteiger charge is 2.62. The van der Waals surface area contributed by atoms with Crippen LogP contribution in [0.2, 0.25) is 0 Å². The molecule has 9 heteroatoms. The zero-order valence-electron chi connectivity index (χ0n) is 27.6. The van der Waals surface area contributed by atoms with Gasteiger partial charge in [-0.3, -0.25) is 4.55 Å². The van der Waals surface area contributed by atoms with E-state index in [2.05, 4.69) is 37.5 Å². The number of rotatable bonds is 15. The Balaban J connectivity index is 1.32. The van der Waals surface area contributed by atoms with E-state index in [4.69, 9.17) is 9.44 Å². The third kappa shape index (κ3) is 8.16. The maximum atomic E-state index is 11.8. The van der Waals surface area contributed by atoms with Crippen LogP contribution in [0.3, 0.4) is 0 Å². The van der Waals surface area contributed by atoms with Gasteiger partial charge in [0.05, 0.1) is 18.3 Å². The fourth-order valence-corrected chi connectivity index (χ4v) is 11.2. The number of fused-ring (bicyclic) bond motifs is 5. The van der Waals surface area contributed by atoms with Gasteiger partial charge in [0.25, 0.3) is 0 Å². The zero-order chi connectivity index (χ0) is 31.4. The lowest BCUT2D eigenvalue weighted by atomic mass is 9.43. The number of unbranched alkanes of at least 4 members (excludes halogenated alkanes) is 1. The van der Waals surface area contributed by atoms with Crippen molar-refractivity contribution in [3.63, 3.8) is 0 Å². The van der Waals surface area contributed by atoms with E-state index >= 15 is 0 Å². The van der Waals surface area contributed by atoms with E-state index in [1.807, 2.05) is 13.8 Å². The van der Waals surface area contributed by atoms with Crippen molar-refractivity contribution >= 4 is 10.4 Å².